The summed E-state index contributed by atoms with van der Waals surface area (Å²) in [6, 6.07) is 1.40. The topological polar surface area (TPSA) is 35.5 Å². The lowest BCUT2D eigenvalue weighted by molar-refractivity contribution is 0.0792. The maximum Gasteiger partial charge on any atom is 0.0541 e. The molecule has 0 aromatic rings. The lowest BCUT2D eigenvalue weighted by atomic mass is 9.91. The molecule has 1 heterocycles. The first-order valence-corrected chi connectivity index (χ1v) is 6.87. The van der Waals surface area contributed by atoms with Crippen LogP contribution < -0.4 is 5.32 Å². The second kappa shape index (κ2) is 5.99. The van der Waals surface area contributed by atoms with Crippen LogP contribution in [0.15, 0.2) is 0 Å². The lowest BCUT2D eigenvalue weighted by Crippen LogP contribution is -2.46. The smallest absolute Gasteiger partial charge is 0.0541 e. The summed E-state index contributed by atoms with van der Waals surface area (Å²) in [7, 11) is 2.25. The monoisotopic (exact) mass is 226 g/mol. The number of nitrogens with zero attached hydrogens (tertiary/aromatic N) is 1. The molecule has 2 aliphatic rings. The van der Waals surface area contributed by atoms with E-state index in [9.17, 15) is 5.11 Å². The zero-order chi connectivity index (χ0) is 11.4. The van der Waals surface area contributed by atoms with Gasteiger partial charge < -0.3 is 15.3 Å². The van der Waals surface area contributed by atoms with Gasteiger partial charge in [-0.05, 0) is 52.1 Å². The van der Waals surface area contributed by atoms with Crippen LogP contribution in [0.25, 0.3) is 0 Å². The number of hydrogen-bond donors (Lipinski definition) is 2. The molecule has 0 amide bonds. The van der Waals surface area contributed by atoms with Crippen LogP contribution >= 0.6 is 0 Å². The third kappa shape index (κ3) is 3.44. The van der Waals surface area contributed by atoms with Crippen molar-refractivity contribution in [1.82, 2.24) is 10.2 Å². The number of piperidine rings is 1. The summed E-state index contributed by atoms with van der Waals surface area (Å²) in [5, 5.41) is 13.1. The molecule has 1 aliphatic carbocycles. The van der Waals surface area contributed by atoms with Crippen LogP contribution in [-0.4, -0.2) is 48.3 Å². The van der Waals surface area contributed by atoms with Gasteiger partial charge in [-0.3, -0.25) is 0 Å². The van der Waals surface area contributed by atoms with Crippen molar-refractivity contribution in [3.05, 3.63) is 0 Å². The van der Waals surface area contributed by atoms with Gasteiger partial charge in [0.2, 0.25) is 0 Å². The normalized spacial score (nSPS) is 36.6. The molecule has 0 bridgehead atoms. The Kier molecular flexibility index (Phi) is 4.62. The number of nitrogens with one attached hydrogen (secondary N) is 1. The summed E-state index contributed by atoms with van der Waals surface area (Å²) in [6.07, 6.45) is 8.36. The molecule has 0 aromatic heterocycles. The fraction of sp³-hybridized carbons (Fsp3) is 1.00. The number of aliphatic hydroxyl groups is 1. The van der Waals surface area contributed by atoms with E-state index in [-0.39, 0.29) is 6.10 Å². The van der Waals surface area contributed by atoms with Gasteiger partial charge in [-0.15, -0.1) is 0 Å². The van der Waals surface area contributed by atoms with Crippen molar-refractivity contribution >= 4 is 0 Å². The van der Waals surface area contributed by atoms with Gasteiger partial charge in [0.05, 0.1) is 6.10 Å². The zero-order valence-electron chi connectivity index (χ0n) is 10.5. The Bertz CT molecular complexity index is 196. The van der Waals surface area contributed by atoms with Crippen LogP contribution in [0.4, 0.5) is 0 Å². The van der Waals surface area contributed by atoms with E-state index in [1.807, 2.05) is 0 Å². The third-order valence-corrected chi connectivity index (χ3v) is 4.21. The van der Waals surface area contributed by atoms with Crippen LogP contribution in [0.2, 0.25) is 0 Å². The Morgan fingerprint density at radius 2 is 1.88 bits per heavy atom. The first-order valence-electron chi connectivity index (χ1n) is 6.87. The first kappa shape index (κ1) is 12.3. The van der Waals surface area contributed by atoms with Gasteiger partial charge in [0, 0.05) is 18.6 Å². The van der Waals surface area contributed by atoms with Gasteiger partial charge in [0.15, 0.2) is 0 Å². The fourth-order valence-electron chi connectivity index (χ4n) is 3.08. The Balaban J connectivity index is 1.72. The van der Waals surface area contributed by atoms with Crippen molar-refractivity contribution in [2.45, 2.75) is 63.1 Å². The SMILES string of the molecule is CN(CC1CCCCN1)[C@H]1CC[C@H](O)CC1. The van der Waals surface area contributed by atoms with Crippen molar-refractivity contribution in [3.63, 3.8) is 0 Å². The van der Waals surface area contributed by atoms with Crippen molar-refractivity contribution in [2.75, 3.05) is 20.1 Å². The van der Waals surface area contributed by atoms with Gasteiger partial charge in [-0.1, -0.05) is 6.42 Å². The average Bonchev–Trinajstić information content (AvgIpc) is 2.31. The molecule has 94 valence electrons. The summed E-state index contributed by atoms with van der Waals surface area (Å²) in [4.78, 5) is 2.51. The number of aliphatic hydroxyl groups excluding tert-OH is 1. The lowest BCUT2D eigenvalue weighted by Gasteiger charge is -2.36. The minimum absolute atomic E-state index is 0.0301. The summed E-state index contributed by atoms with van der Waals surface area (Å²) >= 11 is 0. The molecule has 2 rings (SSSR count). The van der Waals surface area contributed by atoms with E-state index >= 15 is 0 Å². The summed E-state index contributed by atoms with van der Waals surface area (Å²) in [6.45, 7) is 2.38. The maximum absolute atomic E-state index is 9.50. The Hall–Kier alpha value is -0.120. The number of likely N-dealkylation sites (N-methyl/N-ethyl adjacent to an activating group) is 1. The third-order valence-electron chi connectivity index (χ3n) is 4.21. The Morgan fingerprint density at radius 1 is 1.12 bits per heavy atom. The van der Waals surface area contributed by atoms with Crippen LogP contribution in [0.3, 0.4) is 0 Å². The van der Waals surface area contributed by atoms with E-state index in [1.165, 1.54) is 45.2 Å². The molecule has 0 aromatic carbocycles. The fourth-order valence-corrected chi connectivity index (χ4v) is 3.08. The van der Waals surface area contributed by atoms with Gasteiger partial charge in [0.1, 0.15) is 0 Å². The standard InChI is InChI=1S/C13H26N2O/c1-15(10-11-4-2-3-9-14-11)12-5-7-13(16)8-6-12/h11-14,16H,2-10H2,1H3/t11?,12-,13-. The molecule has 0 spiro atoms. The molecular formula is C13H26N2O. The summed E-state index contributed by atoms with van der Waals surface area (Å²) in [5.41, 5.74) is 0. The van der Waals surface area contributed by atoms with Crippen LogP contribution in [0.1, 0.15) is 44.9 Å². The number of rotatable bonds is 3. The van der Waals surface area contributed by atoms with Crippen molar-refractivity contribution < 1.29 is 5.11 Å². The molecule has 3 heteroatoms. The largest absolute Gasteiger partial charge is 0.393 e. The summed E-state index contributed by atoms with van der Waals surface area (Å²) in [5.74, 6) is 0. The van der Waals surface area contributed by atoms with Gasteiger partial charge in [-0.2, -0.15) is 0 Å². The second-order valence-electron chi connectivity index (χ2n) is 5.55. The minimum Gasteiger partial charge on any atom is -0.393 e. The first-order chi connectivity index (χ1) is 7.75. The quantitative estimate of drug-likeness (QED) is 0.763. The van der Waals surface area contributed by atoms with Gasteiger partial charge in [-0.25, -0.2) is 0 Å². The van der Waals surface area contributed by atoms with Gasteiger partial charge >= 0.3 is 0 Å². The van der Waals surface area contributed by atoms with Crippen LogP contribution in [0.5, 0.6) is 0 Å². The highest BCUT2D eigenvalue weighted by atomic mass is 16.3. The average molecular weight is 226 g/mol. The minimum atomic E-state index is -0.0301. The Labute approximate surface area is 99.2 Å². The molecule has 1 aliphatic heterocycles. The highest BCUT2D eigenvalue weighted by Gasteiger charge is 2.24. The van der Waals surface area contributed by atoms with E-state index < -0.39 is 0 Å². The molecule has 1 saturated heterocycles. The highest BCUT2D eigenvalue weighted by molar-refractivity contribution is 4.82. The predicted octanol–water partition coefficient (Wildman–Crippen LogP) is 1.36. The molecule has 2 N–H and O–H groups in total. The van der Waals surface area contributed by atoms with Crippen LogP contribution in [-0.2, 0) is 0 Å². The predicted molar refractivity (Wildman–Crippen MR) is 66.5 cm³/mol. The summed E-state index contributed by atoms with van der Waals surface area (Å²) < 4.78 is 0. The van der Waals surface area contributed by atoms with E-state index in [4.69, 9.17) is 0 Å². The van der Waals surface area contributed by atoms with Crippen molar-refractivity contribution in [1.29, 1.82) is 0 Å². The molecule has 0 radical (unpaired) electrons. The van der Waals surface area contributed by atoms with Crippen molar-refractivity contribution in [3.8, 4) is 0 Å². The van der Waals surface area contributed by atoms with Gasteiger partial charge in [0.25, 0.3) is 0 Å². The van der Waals surface area contributed by atoms with Crippen LogP contribution in [0, 0.1) is 0 Å². The molecule has 1 saturated carbocycles. The van der Waals surface area contributed by atoms with Crippen molar-refractivity contribution in [2.24, 2.45) is 0 Å². The highest BCUT2D eigenvalue weighted by Crippen LogP contribution is 2.22. The molecule has 16 heavy (non-hydrogen) atoms. The van der Waals surface area contributed by atoms with E-state index in [2.05, 4.69) is 17.3 Å². The molecule has 1 atom stereocenters. The maximum atomic E-state index is 9.50. The van der Waals surface area contributed by atoms with E-state index in [1.54, 1.807) is 0 Å². The Morgan fingerprint density at radius 3 is 2.50 bits per heavy atom. The second-order valence-corrected chi connectivity index (χ2v) is 5.55. The van der Waals surface area contributed by atoms with E-state index in [0.717, 1.165) is 12.8 Å². The molecule has 3 nitrogen and oxygen atoms in total. The zero-order valence-corrected chi connectivity index (χ0v) is 10.5. The molecular weight excluding hydrogens is 200 g/mol. The number of hydrogen-bond acceptors (Lipinski definition) is 3. The van der Waals surface area contributed by atoms with E-state index in [0.29, 0.717) is 12.1 Å². The molecule has 1 unspecified atom stereocenters. The molecule has 2 fully saturated rings.